The molecular weight excluding hydrogens is 212 g/mol. The molecular formula is C10H11ClN4. The minimum atomic E-state index is 0.253. The number of imidazole rings is 1. The largest absolute Gasteiger partial charge is 0.288 e. The maximum Gasteiger partial charge on any atom is 0.224 e. The maximum atomic E-state index is 5.74. The second-order valence-electron chi connectivity index (χ2n) is 3.15. The second kappa shape index (κ2) is 4.40. The van der Waals surface area contributed by atoms with Crippen LogP contribution < -0.4 is 0 Å². The summed E-state index contributed by atoms with van der Waals surface area (Å²) in [5.74, 6) is 1.75. The van der Waals surface area contributed by atoms with Crippen molar-refractivity contribution >= 4 is 11.6 Å². The van der Waals surface area contributed by atoms with Gasteiger partial charge in [0.25, 0.3) is 0 Å². The van der Waals surface area contributed by atoms with E-state index in [4.69, 9.17) is 11.6 Å². The van der Waals surface area contributed by atoms with E-state index in [1.807, 2.05) is 16.8 Å². The summed E-state index contributed by atoms with van der Waals surface area (Å²) in [7, 11) is 0. The molecule has 0 radical (unpaired) electrons. The highest BCUT2D eigenvalue weighted by Crippen LogP contribution is 2.10. The Labute approximate surface area is 93.0 Å². The van der Waals surface area contributed by atoms with Crippen LogP contribution in [0.25, 0.3) is 5.82 Å². The second-order valence-corrected chi connectivity index (χ2v) is 3.49. The molecule has 0 saturated carbocycles. The highest BCUT2D eigenvalue weighted by molar-refractivity contribution is 6.28. The average Bonchev–Trinajstić information content (AvgIpc) is 2.66. The maximum absolute atomic E-state index is 5.74. The molecule has 2 aromatic heterocycles. The van der Waals surface area contributed by atoms with Gasteiger partial charge in [-0.25, -0.2) is 9.97 Å². The van der Waals surface area contributed by atoms with Gasteiger partial charge in [0.2, 0.25) is 5.28 Å². The summed E-state index contributed by atoms with van der Waals surface area (Å²) >= 11 is 5.74. The first kappa shape index (κ1) is 10.1. The Morgan fingerprint density at radius 1 is 1.33 bits per heavy atom. The Kier molecular flexibility index (Phi) is 2.97. The molecule has 0 N–H and O–H groups in total. The molecule has 0 amide bonds. The molecule has 0 fully saturated rings. The molecule has 5 heteroatoms. The number of nitrogens with zero attached hydrogens (tertiary/aromatic N) is 4. The number of rotatable bonds is 3. The highest BCUT2D eigenvalue weighted by atomic mass is 35.5. The normalized spacial score (nSPS) is 10.5. The van der Waals surface area contributed by atoms with E-state index in [-0.39, 0.29) is 5.28 Å². The molecule has 2 rings (SSSR count). The fourth-order valence-corrected chi connectivity index (χ4v) is 1.55. The first-order valence-corrected chi connectivity index (χ1v) is 5.20. The molecule has 0 aliphatic heterocycles. The van der Waals surface area contributed by atoms with E-state index >= 15 is 0 Å². The molecule has 0 atom stereocenters. The summed E-state index contributed by atoms with van der Waals surface area (Å²) in [5, 5.41) is 0.253. The van der Waals surface area contributed by atoms with Crippen LogP contribution in [-0.2, 0) is 6.42 Å². The fraction of sp³-hybridized carbons (Fsp3) is 0.300. The van der Waals surface area contributed by atoms with Crippen LogP contribution in [-0.4, -0.2) is 19.5 Å². The Morgan fingerprint density at radius 3 is 2.93 bits per heavy atom. The number of hydrogen-bond donors (Lipinski definition) is 0. The van der Waals surface area contributed by atoms with E-state index in [0.717, 1.165) is 24.5 Å². The van der Waals surface area contributed by atoms with Gasteiger partial charge >= 0.3 is 0 Å². The van der Waals surface area contributed by atoms with Crippen molar-refractivity contribution in [1.29, 1.82) is 0 Å². The van der Waals surface area contributed by atoms with Gasteiger partial charge in [-0.3, -0.25) is 4.57 Å². The Hall–Kier alpha value is -1.42. The summed E-state index contributed by atoms with van der Waals surface area (Å²) in [4.78, 5) is 12.3. The van der Waals surface area contributed by atoms with Crippen LogP contribution in [0, 0.1) is 0 Å². The van der Waals surface area contributed by atoms with Crippen LogP contribution in [0.1, 0.15) is 19.2 Å². The molecule has 4 nitrogen and oxygen atoms in total. The summed E-state index contributed by atoms with van der Waals surface area (Å²) < 4.78 is 1.93. The monoisotopic (exact) mass is 222 g/mol. The Bertz CT molecular complexity index is 452. The average molecular weight is 223 g/mol. The van der Waals surface area contributed by atoms with E-state index in [2.05, 4.69) is 21.9 Å². The molecule has 0 unspecified atom stereocenters. The molecule has 0 saturated heterocycles. The molecule has 2 aromatic rings. The first-order valence-electron chi connectivity index (χ1n) is 4.82. The van der Waals surface area contributed by atoms with E-state index in [1.54, 1.807) is 12.4 Å². The quantitative estimate of drug-likeness (QED) is 0.749. The van der Waals surface area contributed by atoms with Crippen molar-refractivity contribution in [1.82, 2.24) is 19.5 Å². The molecule has 0 aliphatic rings. The van der Waals surface area contributed by atoms with Gasteiger partial charge in [0.1, 0.15) is 11.6 Å². The van der Waals surface area contributed by atoms with Gasteiger partial charge in [-0.1, -0.05) is 6.92 Å². The molecule has 78 valence electrons. The standard InChI is InChI=1S/C10H11ClN4/c1-2-3-8-12-6-7-15(8)9-4-5-13-10(11)14-9/h4-7H,2-3H2,1H3. The predicted octanol–water partition coefficient (Wildman–Crippen LogP) is 2.27. The minimum absolute atomic E-state index is 0.253. The van der Waals surface area contributed by atoms with Crippen LogP contribution in [0.5, 0.6) is 0 Å². The van der Waals surface area contributed by atoms with Gasteiger partial charge in [-0.2, -0.15) is 4.98 Å². The topological polar surface area (TPSA) is 43.6 Å². The minimum Gasteiger partial charge on any atom is -0.288 e. The van der Waals surface area contributed by atoms with Crippen LogP contribution in [0.15, 0.2) is 24.7 Å². The number of aromatic nitrogens is 4. The fourth-order valence-electron chi connectivity index (χ4n) is 1.41. The SMILES string of the molecule is CCCc1nccn1-c1ccnc(Cl)n1. The molecule has 0 aliphatic carbocycles. The van der Waals surface area contributed by atoms with Crippen LogP contribution >= 0.6 is 11.6 Å². The van der Waals surface area contributed by atoms with E-state index < -0.39 is 0 Å². The van der Waals surface area contributed by atoms with E-state index in [9.17, 15) is 0 Å². The van der Waals surface area contributed by atoms with Crippen molar-refractivity contribution in [3.63, 3.8) is 0 Å². The lowest BCUT2D eigenvalue weighted by atomic mass is 10.3. The lowest BCUT2D eigenvalue weighted by Gasteiger charge is -2.05. The molecule has 0 spiro atoms. The van der Waals surface area contributed by atoms with Crippen LogP contribution in [0.3, 0.4) is 0 Å². The lowest BCUT2D eigenvalue weighted by Crippen LogP contribution is -2.02. The number of halogens is 1. The predicted molar refractivity (Wildman–Crippen MR) is 58.2 cm³/mol. The first-order chi connectivity index (χ1) is 7.31. The molecule has 2 heterocycles. The molecule has 0 bridgehead atoms. The smallest absolute Gasteiger partial charge is 0.224 e. The highest BCUT2D eigenvalue weighted by Gasteiger charge is 2.05. The van der Waals surface area contributed by atoms with Gasteiger partial charge in [0.15, 0.2) is 0 Å². The van der Waals surface area contributed by atoms with Gasteiger partial charge in [0, 0.05) is 25.0 Å². The summed E-state index contributed by atoms with van der Waals surface area (Å²) in [5.41, 5.74) is 0. The van der Waals surface area contributed by atoms with E-state index in [0.29, 0.717) is 0 Å². The molecule has 0 aromatic carbocycles. The van der Waals surface area contributed by atoms with Crippen molar-refractivity contribution in [3.05, 3.63) is 35.8 Å². The van der Waals surface area contributed by atoms with E-state index in [1.165, 1.54) is 0 Å². The van der Waals surface area contributed by atoms with Gasteiger partial charge in [-0.05, 0) is 24.1 Å². The van der Waals surface area contributed by atoms with Crippen molar-refractivity contribution in [3.8, 4) is 5.82 Å². The van der Waals surface area contributed by atoms with Gasteiger partial charge < -0.3 is 0 Å². The van der Waals surface area contributed by atoms with Gasteiger partial charge in [0.05, 0.1) is 0 Å². The van der Waals surface area contributed by atoms with Crippen LogP contribution in [0.2, 0.25) is 5.28 Å². The summed E-state index contributed by atoms with van der Waals surface area (Å²) in [6.45, 7) is 2.12. The Balaban J connectivity index is 2.40. The van der Waals surface area contributed by atoms with Crippen molar-refractivity contribution in [2.75, 3.05) is 0 Å². The third-order valence-electron chi connectivity index (χ3n) is 2.05. The summed E-state index contributed by atoms with van der Waals surface area (Å²) in [6, 6.07) is 1.81. The third kappa shape index (κ3) is 2.15. The lowest BCUT2D eigenvalue weighted by molar-refractivity contribution is 0.796. The zero-order valence-electron chi connectivity index (χ0n) is 8.39. The van der Waals surface area contributed by atoms with Crippen molar-refractivity contribution in [2.45, 2.75) is 19.8 Å². The van der Waals surface area contributed by atoms with Crippen molar-refractivity contribution < 1.29 is 0 Å². The zero-order valence-corrected chi connectivity index (χ0v) is 9.15. The number of hydrogen-bond acceptors (Lipinski definition) is 3. The Morgan fingerprint density at radius 2 is 2.20 bits per heavy atom. The zero-order chi connectivity index (χ0) is 10.7. The van der Waals surface area contributed by atoms with Gasteiger partial charge in [-0.15, -0.1) is 0 Å². The third-order valence-corrected chi connectivity index (χ3v) is 2.23. The summed E-state index contributed by atoms with van der Waals surface area (Å²) in [6.07, 6.45) is 7.26. The molecule has 15 heavy (non-hydrogen) atoms. The van der Waals surface area contributed by atoms with Crippen molar-refractivity contribution in [2.24, 2.45) is 0 Å². The van der Waals surface area contributed by atoms with Crippen LogP contribution in [0.4, 0.5) is 0 Å². The number of aryl methyl sites for hydroxylation is 1.